The normalized spacial score (nSPS) is 11.9. The molecule has 0 saturated heterocycles. The zero-order valence-electron chi connectivity index (χ0n) is 9.89. The molecule has 4 heteroatoms. The molecule has 3 nitrogen and oxygen atoms in total. The minimum atomic E-state index is -0.294. The number of carbonyl (C=O) groups is 1. The Morgan fingerprint density at radius 1 is 1.47 bits per heavy atom. The highest BCUT2D eigenvalue weighted by molar-refractivity contribution is 9.10. The summed E-state index contributed by atoms with van der Waals surface area (Å²) in [6, 6.07) is 0. The molecule has 1 aromatic rings. The number of aromatic nitrogens is 2. The Balaban J connectivity index is 2.95. The Morgan fingerprint density at radius 2 is 2.00 bits per heavy atom. The van der Waals surface area contributed by atoms with Crippen molar-refractivity contribution in [1.82, 2.24) is 9.78 Å². The largest absolute Gasteiger partial charge is 0.299 e. The number of rotatable bonds is 2. The van der Waals surface area contributed by atoms with Gasteiger partial charge in [0.15, 0.2) is 0 Å². The summed E-state index contributed by atoms with van der Waals surface area (Å²) in [7, 11) is 1.86. The molecular formula is C11H17BrN2O. The maximum absolute atomic E-state index is 11.9. The molecule has 0 amide bonds. The van der Waals surface area contributed by atoms with Crippen LogP contribution in [0.4, 0.5) is 0 Å². The average Bonchev–Trinajstić information content (AvgIpc) is 2.30. The lowest BCUT2D eigenvalue weighted by Crippen LogP contribution is -2.23. The second-order valence-corrected chi connectivity index (χ2v) is 5.61. The SMILES string of the molecule is Cc1nn(C)c(CC(=O)C(C)(C)C)c1Br. The molecule has 0 radical (unpaired) electrons. The zero-order chi connectivity index (χ0) is 11.8. The number of carbonyl (C=O) groups excluding carboxylic acids is 1. The summed E-state index contributed by atoms with van der Waals surface area (Å²) in [6.45, 7) is 7.74. The first kappa shape index (κ1) is 12.4. The van der Waals surface area contributed by atoms with Crippen molar-refractivity contribution in [2.24, 2.45) is 12.5 Å². The lowest BCUT2D eigenvalue weighted by atomic mass is 9.88. The first-order chi connectivity index (χ1) is 6.73. The van der Waals surface area contributed by atoms with E-state index in [0.717, 1.165) is 15.9 Å². The Kier molecular flexibility index (Phi) is 3.38. The van der Waals surface area contributed by atoms with Gasteiger partial charge in [-0.2, -0.15) is 5.10 Å². The van der Waals surface area contributed by atoms with E-state index in [1.807, 2.05) is 34.7 Å². The molecule has 1 rings (SSSR count). The van der Waals surface area contributed by atoms with E-state index in [1.54, 1.807) is 4.68 Å². The van der Waals surface area contributed by atoms with Crippen LogP contribution >= 0.6 is 15.9 Å². The predicted octanol–water partition coefficient (Wildman–Crippen LogP) is 2.65. The summed E-state index contributed by atoms with van der Waals surface area (Å²) in [5.41, 5.74) is 1.58. The number of Topliss-reactive ketones (excluding diaryl/α,β-unsaturated/α-hetero) is 1. The predicted molar refractivity (Wildman–Crippen MR) is 63.8 cm³/mol. The highest BCUT2D eigenvalue weighted by atomic mass is 79.9. The standard InChI is InChI=1S/C11H17BrN2O/c1-7-10(12)8(14(5)13-7)6-9(15)11(2,3)4/h6H2,1-5H3. The number of halogens is 1. The number of hydrogen-bond donors (Lipinski definition) is 0. The summed E-state index contributed by atoms with van der Waals surface area (Å²) in [6.07, 6.45) is 0.432. The van der Waals surface area contributed by atoms with E-state index < -0.39 is 0 Å². The van der Waals surface area contributed by atoms with E-state index in [0.29, 0.717) is 6.42 Å². The van der Waals surface area contributed by atoms with Crippen LogP contribution in [0, 0.1) is 12.3 Å². The van der Waals surface area contributed by atoms with Gasteiger partial charge in [-0.05, 0) is 22.9 Å². The van der Waals surface area contributed by atoms with Crippen LogP contribution < -0.4 is 0 Å². The fraction of sp³-hybridized carbons (Fsp3) is 0.636. The maximum atomic E-state index is 11.9. The summed E-state index contributed by atoms with van der Waals surface area (Å²) in [5.74, 6) is 0.228. The van der Waals surface area contributed by atoms with Crippen molar-refractivity contribution in [3.8, 4) is 0 Å². The highest BCUT2D eigenvalue weighted by Crippen LogP contribution is 2.24. The van der Waals surface area contributed by atoms with Gasteiger partial charge in [-0.15, -0.1) is 0 Å². The molecule has 0 aliphatic carbocycles. The maximum Gasteiger partial charge on any atom is 0.144 e. The number of ketones is 1. The zero-order valence-corrected chi connectivity index (χ0v) is 11.5. The van der Waals surface area contributed by atoms with Gasteiger partial charge in [0.25, 0.3) is 0 Å². The number of aryl methyl sites for hydroxylation is 2. The quantitative estimate of drug-likeness (QED) is 0.830. The van der Waals surface area contributed by atoms with Gasteiger partial charge in [0, 0.05) is 12.5 Å². The van der Waals surface area contributed by atoms with Gasteiger partial charge in [-0.1, -0.05) is 20.8 Å². The van der Waals surface area contributed by atoms with Crippen molar-refractivity contribution in [3.63, 3.8) is 0 Å². The lowest BCUT2D eigenvalue weighted by molar-refractivity contribution is -0.125. The fourth-order valence-electron chi connectivity index (χ4n) is 1.29. The smallest absolute Gasteiger partial charge is 0.144 e. The second kappa shape index (κ2) is 4.08. The summed E-state index contributed by atoms with van der Waals surface area (Å²) < 4.78 is 2.71. The molecule has 0 aliphatic rings. The molecular weight excluding hydrogens is 256 g/mol. The van der Waals surface area contributed by atoms with Crippen LogP contribution in [0.25, 0.3) is 0 Å². The van der Waals surface area contributed by atoms with Gasteiger partial charge < -0.3 is 0 Å². The monoisotopic (exact) mass is 272 g/mol. The van der Waals surface area contributed by atoms with Gasteiger partial charge in [0.1, 0.15) is 5.78 Å². The minimum absolute atomic E-state index is 0.228. The van der Waals surface area contributed by atoms with Gasteiger partial charge in [-0.25, -0.2) is 0 Å². The highest BCUT2D eigenvalue weighted by Gasteiger charge is 2.24. The van der Waals surface area contributed by atoms with E-state index in [9.17, 15) is 4.79 Å². The van der Waals surface area contributed by atoms with Gasteiger partial charge >= 0.3 is 0 Å². The summed E-state index contributed by atoms with van der Waals surface area (Å²) in [5, 5.41) is 4.26. The molecule has 0 aromatic carbocycles. The minimum Gasteiger partial charge on any atom is -0.299 e. The molecule has 0 aliphatic heterocycles. The molecule has 1 heterocycles. The van der Waals surface area contributed by atoms with Crippen LogP contribution in [0.15, 0.2) is 4.47 Å². The average molecular weight is 273 g/mol. The van der Waals surface area contributed by atoms with E-state index >= 15 is 0 Å². The van der Waals surface area contributed by atoms with E-state index in [-0.39, 0.29) is 11.2 Å². The molecule has 84 valence electrons. The molecule has 0 fully saturated rings. The molecule has 1 aromatic heterocycles. The summed E-state index contributed by atoms with van der Waals surface area (Å²) in [4.78, 5) is 11.9. The summed E-state index contributed by atoms with van der Waals surface area (Å²) >= 11 is 3.46. The van der Waals surface area contributed by atoms with Crippen LogP contribution in [0.5, 0.6) is 0 Å². The first-order valence-corrected chi connectivity index (χ1v) is 5.74. The Morgan fingerprint density at radius 3 is 2.33 bits per heavy atom. The topological polar surface area (TPSA) is 34.9 Å². The van der Waals surface area contributed by atoms with Gasteiger partial charge in [-0.3, -0.25) is 9.48 Å². The number of nitrogens with zero attached hydrogens (tertiary/aromatic N) is 2. The lowest BCUT2D eigenvalue weighted by Gasteiger charge is -2.16. The van der Waals surface area contributed by atoms with Crippen LogP contribution in [-0.2, 0) is 18.3 Å². The van der Waals surface area contributed by atoms with Gasteiger partial charge in [0.05, 0.1) is 22.3 Å². The van der Waals surface area contributed by atoms with Crippen molar-refractivity contribution in [3.05, 3.63) is 15.9 Å². The molecule has 0 spiro atoms. The molecule has 0 bridgehead atoms. The van der Waals surface area contributed by atoms with Gasteiger partial charge in [0.2, 0.25) is 0 Å². The van der Waals surface area contributed by atoms with E-state index in [4.69, 9.17) is 0 Å². The van der Waals surface area contributed by atoms with Crippen LogP contribution in [0.2, 0.25) is 0 Å². The first-order valence-electron chi connectivity index (χ1n) is 4.94. The van der Waals surface area contributed by atoms with Crippen LogP contribution in [0.1, 0.15) is 32.2 Å². The third kappa shape index (κ3) is 2.68. The third-order valence-electron chi connectivity index (χ3n) is 2.43. The van der Waals surface area contributed by atoms with Crippen LogP contribution in [0.3, 0.4) is 0 Å². The Labute approximate surface area is 99.0 Å². The number of hydrogen-bond acceptors (Lipinski definition) is 2. The fourth-order valence-corrected chi connectivity index (χ4v) is 1.77. The molecule has 0 N–H and O–H groups in total. The van der Waals surface area contributed by atoms with Crippen LogP contribution in [-0.4, -0.2) is 15.6 Å². The Hall–Kier alpha value is -0.640. The van der Waals surface area contributed by atoms with E-state index in [2.05, 4.69) is 21.0 Å². The van der Waals surface area contributed by atoms with E-state index in [1.165, 1.54) is 0 Å². The molecule has 0 atom stereocenters. The molecule has 15 heavy (non-hydrogen) atoms. The van der Waals surface area contributed by atoms with Crippen molar-refractivity contribution in [2.45, 2.75) is 34.1 Å². The third-order valence-corrected chi connectivity index (χ3v) is 3.46. The molecule has 0 unspecified atom stereocenters. The second-order valence-electron chi connectivity index (χ2n) is 4.82. The van der Waals surface area contributed by atoms with Crippen molar-refractivity contribution in [2.75, 3.05) is 0 Å². The van der Waals surface area contributed by atoms with Crippen molar-refractivity contribution in [1.29, 1.82) is 0 Å². The van der Waals surface area contributed by atoms with Crippen molar-refractivity contribution >= 4 is 21.7 Å². The Bertz CT molecular complexity index is 388. The molecule has 0 saturated carbocycles. The van der Waals surface area contributed by atoms with Crippen molar-refractivity contribution < 1.29 is 4.79 Å².